The topological polar surface area (TPSA) is 75.5 Å². The van der Waals surface area contributed by atoms with E-state index in [-0.39, 0.29) is 11.7 Å². The molecule has 2 saturated heterocycles. The van der Waals surface area contributed by atoms with Gasteiger partial charge in [0.2, 0.25) is 10.0 Å². The van der Waals surface area contributed by atoms with Gasteiger partial charge < -0.3 is 4.90 Å². The Labute approximate surface area is 155 Å². The molecular weight excluding hydrogens is 385 g/mol. The van der Waals surface area contributed by atoms with Crippen molar-refractivity contribution in [2.75, 3.05) is 38.5 Å². The van der Waals surface area contributed by atoms with E-state index in [1.165, 1.54) is 8.87 Å². The molecule has 0 spiro atoms. The van der Waals surface area contributed by atoms with Gasteiger partial charge in [0.1, 0.15) is 0 Å². The molecule has 2 fully saturated rings. The van der Waals surface area contributed by atoms with Crippen LogP contribution >= 0.6 is 0 Å². The van der Waals surface area contributed by atoms with Gasteiger partial charge in [-0.2, -0.15) is 13.2 Å². The summed E-state index contributed by atoms with van der Waals surface area (Å²) in [6.45, 7) is 3.66. The highest BCUT2D eigenvalue weighted by Crippen LogP contribution is 2.26. The molecule has 0 radical (unpaired) electrons. The molecule has 0 aromatic carbocycles. The Morgan fingerprint density at radius 3 is 2.41 bits per heavy atom. The first-order valence-electron chi connectivity index (χ1n) is 8.99. The highest BCUT2D eigenvalue weighted by Gasteiger charge is 2.33. The Morgan fingerprint density at radius 2 is 1.85 bits per heavy atom. The Hall–Kier alpha value is -1.46. The average Bonchev–Trinajstić information content (AvgIpc) is 2.93. The number of likely N-dealkylation sites (tertiary alicyclic amines) is 1. The van der Waals surface area contributed by atoms with Crippen molar-refractivity contribution in [1.29, 1.82) is 0 Å². The molecular formula is C16H23F3N4O3S. The van der Waals surface area contributed by atoms with E-state index >= 15 is 0 Å². The van der Waals surface area contributed by atoms with Crippen LogP contribution in [-0.4, -0.2) is 65.7 Å². The number of hydrogen-bond acceptors (Lipinski definition) is 5. The standard InChI is InChI=1S/C16H23F3N4O3S/c17-16(18,19)14-10-15(24)22(12-20-14)11-13-2-5-21(6-3-13)7-8-23-4-1-9-27(23,25)26/h10,12-13H,1-9,11H2. The Balaban J connectivity index is 1.48. The molecule has 27 heavy (non-hydrogen) atoms. The lowest BCUT2D eigenvalue weighted by Crippen LogP contribution is -2.41. The van der Waals surface area contributed by atoms with E-state index in [0.717, 1.165) is 32.3 Å². The number of piperidine rings is 1. The molecule has 0 unspecified atom stereocenters. The predicted molar refractivity (Wildman–Crippen MR) is 92.6 cm³/mol. The highest BCUT2D eigenvalue weighted by atomic mass is 32.2. The third-order valence-corrected chi connectivity index (χ3v) is 7.16. The van der Waals surface area contributed by atoms with Gasteiger partial charge >= 0.3 is 6.18 Å². The maximum absolute atomic E-state index is 12.6. The van der Waals surface area contributed by atoms with Gasteiger partial charge in [-0.25, -0.2) is 17.7 Å². The fourth-order valence-electron chi connectivity index (χ4n) is 3.58. The van der Waals surface area contributed by atoms with Crippen molar-refractivity contribution < 1.29 is 21.6 Å². The lowest BCUT2D eigenvalue weighted by atomic mass is 9.96. The molecule has 0 bridgehead atoms. The Bertz CT molecular complexity index is 817. The molecule has 0 aliphatic carbocycles. The molecule has 0 atom stereocenters. The molecule has 0 N–H and O–H groups in total. The van der Waals surface area contributed by atoms with Gasteiger partial charge in [0.05, 0.1) is 12.1 Å². The van der Waals surface area contributed by atoms with Gasteiger partial charge in [0, 0.05) is 32.2 Å². The average molecular weight is 408 g/mol. The quantitative estimate of drug-likeness (QED) is 0.727. The number of halogens is 3. The number of rotatable bonds is 5. The highest BCUT2D eigenvalue weighted by molar-refractivity contribution is 7.89. The van der Waals surface area contributed by atoms with E-state index in [4.69, 9.17) is 0 Å². The van der Waals surface area contributed by atoms with Crippen LogP contribution in [0.5, 0.6) is 0 Å². The summed E-state index contributed by atoms with van der Waals surface area (Å²) < 4.78 is 64.1. The van der Waals surface area contributed by atoms with E-state index in [9.17, 15) is 26.4 Å². The second-order valence-electron chi connectivity index (χ2n) is 7.12. The van der Waals surface area contributed by atoms with Gasteiger partial charge in [0.15, 0.2) is 5.69 Å². The van der Waals surface area contributed by atoms with Gasteiger partial charge in [-0.05, 0) is 38.3 Å². The monoisotopic (exact) mass is 408 g/mol. The lowest BCUT2D eigenvalue weighted by Gasteiger charge is -2.32. The summed E-state index contributed by atoms with van der Waals surface area (Å²) in [6.07, 6.45) is -1.36. The van der Waals surface area contributed by atoms with E-state index in [2.05, 4.69) is 9.88 Å². The third-order valence-electron chi connectivity index (χ3n) is 5.20. The summed E-state index contributed by atoms with van der Waals surface area (Å²) in [4.78, 5) is 17.4. The summed E-state index contributed by atoms with van der Waals surface area (Å²) in [5, 5.41) is 0. The molecule has 2 aliphatic heterocycles. The van der Waals surface area contributed by atoms with Crippen LogP contribution in [0, 0.1) is 5.92 Å². The lowest BCUT2D eigenvalue weighted by molar-refractivity contribution is -0.141. The molecule has 0 amide bonds. The molecule has 3 heterocycles. The van der Waals surface area contributed by atoms with E-state index in [1.807, 2.05) is 0 Å². The molecule has 11 heteroatoms. The maximum atomic E-state index is 12.6. The van der Waals surface area contributed by atoms with Crippen LogP contribution in [0.4, 0.5) is 13.2 Å². The van der Waals surface area contributed by atoms with Crippen molar-refractivity contribution in [3.63, 3.8) is 0 Å². The first kappa shape index (κ1) is 20.3. The van der Waals surface area contributed by atoms with Crippen molar-refractivity contribution in [1.82, 2.24) is 18.8 Å². The van der Waals surface area contributed by atoms with E-state index < -0.39 is 27.5 Å². The summed E-state index contributed by atoms with van der Waals surface area (Å²) in [6, 6.07) is 0.533. The number of sulfonamides is 1. The number of alkyl halides is 3. The first-order chi connectivity index (χ1) is 12.6. The van der Waals surface area contributed by atoms with Gasteiger partial charge in [-0.15, -0.1) is 0 Å². The van der Waals surface area contributed by atoms with Crippen LogP contribution < -0.4 is 5.56 Å². The summed E-state index contributed by atoms with van der Waals surface area (Å²) >= 11 is 0. The zero-order chi connectivity index (χ0) is 19.7. The SMILES string of the molecule is O=c1cc(C(F)(F)F)ncn1CC1CCN(CCN2CCCS2(=O)=O)CC1. The van der Waals surface area contributed by atoms with Crippen LogP contribution in [0.2, 0.25) is 0 Å². The fraction of sp³-hybridized carbons (Fsp3) is 0.750. The van der Waals surface area contributed by atoms with Crippen LogP contribution in [0.25, 0.3) is 0 Å². The number of nitrogens with zero attached hydrogens (tertiary/aromatic N) is 4. The largest absolute Gasteiger partial charge is 0.433 e. The Kier molecular flexibility index (Phi) is 5.92. The zero-order valence-electron chi connectivity index (χ0n) is 14.9. The van der Waals surface area contributed by atoms with E-state index in [1.54, 1.807) is 0 Å². The fourth-order valence-corrected chi connectivity index (χ4v) is 5.10. The molecule has 152 valence electrons. The zero-order valence-corrected chi connectivity index (χ0v) is 15.7. The molecule has 1 aromatic rings. The molecule has 0 saturated carbocycles. The van der Waals surface area contributed by atoms with Crippen molar-refractivity contribution in [2.24, 2.45) is 5.92 Å². The molecule has 7 nitrogen and oxygen atoms in total. The van der Waals surface area contributed by atoms with Crippen LogP contribution in [0.15, 0.2) is 17.2 Å². The predicted octanol–water partition coefficient (Wildman–Crippen LogP) is 1.01. The van der Waals surface area contributed by atoms with Crippen LogP contribution in [0.3, 0.4) is 0 Å². The second kappa shape index (κ2) is 7.88. The summed E-state index contributed by atoms with van der Waals surface area (Å²) in [5.41, 5.74) is -1.87. The van der Waals surface area contributed by atoms with Crippen LogP contribution in [-0.2, 0) is 22.7 Å². The van der Waals surface area contributed by atoms with Crippen molar-refractivity contribution >= 4 is 10.0 Å². The number of aromatic nitrogens is 2. The minimum atomic E-state index is -4.62. The number of hydrogen-bond donors (Lipinski definition) is 0. The summed E-state index contributed by atoms with van der Waals surface area (Å²) in [7, 11) is -3.08. The molecule has 1 aromatic heterocycles. The van der Waals surface area contributed by atoms with Crippen molar-refractivity contribution in [2.45, 2.75) is 32.0 Å². The van der Waals surface area contributed by atoms with Gasteiger partial charge in [0.25, 0.3) is 5.56 Å². The Morgan fingerprint density at radius 1 is 1.15 bits per heavy atom. The minimum absolute atomic E-state index is 0.188. The van der Waals surface area contributed by atoms with Gasteiger partial charge in [-0.3, -0.25) is 9.36 Å². The second-order valence-corrected chi connectivity index (χ2v) is 9.20. The first-order valence-corrected chi connectivity index (χ1v) is 10.6. The minimum Gasteiger partial charge on any atom is -0.302 e. The smallest absolute Gasteiger partial charge is 0.302 e. The van der Waals surface area contributed by atoms with Crippen molar-refractivity contribution in [3.8, 4) is 0 Å². The van der Waals surface area contributed by atoms with Crippen molar-refractivity contribution in [3.05, 3.63) is 28.4 Å². The molecule has 2 aliphatic rings. The van der Waals surface area contributed by atoms with Crippen LogP contribution in [0.1, 0.15) is 25.0 Å². The third kappa shape index (κ3) is 5.08. The molecule has 3 rings (SSSR count). The normalized spacial score (nSPS) is 22.3. The van der Waals surface area contributed by atoms with E-state index in [0.29, 0.717) is 38.7 Å². The maximum Gasteiger partial charge on any atom is 0.433 e. The summed E-state index contributed by atoms with van der Waals surface area (Å²) in [5.74, 6) is 0.415. The van der Waals surface area contributed by atoms with Gasteiger partial charge in [-0.1, -0.05) is 0 Å².